The smallest absolute Gasteiger partial charge is 0.329 e. The fraction of sp³-hybridized carbons (Fsp3) is 0.364. The van der Waals surface area contributed by atoms with Crippen LogP contribution in [0.15, 0.2) is 65.7 Å². The van der Waals surface area contributed by atoms with Gasteiger partial charge in [0.05, 0.1) is 46.3 Å². The van der Waals surface area contributed by atoms with Gasteiger partial charge in [-0.1, -0.05) is 36.8 Å². The van der Waals surface area contributed by atoms with E-state index in [1.165, 1.54) is 38.4 Å². The summed E-state index contributed by atoms with van der Waals surface area (Å²) >= 11 is 0. The zero-order valence-corrected chi connectivity index (χ0v) is 23.8. The van der Waals surface area contributed by atoms with Gasteiger partial charge in [-0.15, -0.1) is 0 Å². The van der Waals surface area contributed by atoms with Crippen LogP contribution in [0.2, 0.25) is 0 Å². The van der Waals surface area contributed by atoms with Crippen LogP contribution in [0, 0.1) is 5.82 Å². The molecular formula is C33H34FN5O3. The Labute approximate surface area is 243 Å². The molecule has 0 spiro atoms. The number of hydrogen-bond donors (Lipinski definition) is 0. The zero-order valence-electron chi connectivity index (χ0n) is 23.8. The first-order chi connectivity index (χ1) is 20.6. The number of pyridine rings is 2. The summed E-state index contributed by atoms with van der Waals surface area (Å²) in [6.07, 6.45) is 8.68. The zero-order chi connectivity index (χ0) is 28.6. The second-order valence-electron chi connectivity index (χ2n) is 11.3. The van der Waals surface area contributed by atoms with Crippen LogP contribution in [0.3, 0.4) is 0 Å². The number of hydrogen-bond acceptors (Lipinski definition) is 6. The van der Waals surface area contributed by atoms with E-state index in [0.717, 1.165) is 18.5 Å². The number of ether oxygens (including phenoxy) is 2. The molecule has 0 saturated carbocycles. The van der Waals surface area contributed by atoms with Crippen LogP contribution >= 0.6 is 0 Å². The van der Waals surface area contributed by atoms with Gasteiger partial charge in [0.2, 0.25) is 5.88 Å². The van der Waals surface area contributed by atoms with E-state index in [2.05, 4.69) is 14.9 Å². The summed E-state index contributed by atoms with van der Waals surface area (Å²) in [5.41, 5.74) is 3.67. The maximum absolute atomic E-state index is 15.8. The minimum absolute atomic E-state index is 0.147. The number of benzene rings is 2. The lowest BCUT2D eigenvalue weighted by molar-refractivity contribution is 0.203. The van der Waals surface area contributed by atoms with Crippen molar-refractivity contribution < 1.29 is 13.9 Å². The standard InChI is InChI=1S/C33H34FN5O3/c1-37-27-20-35-26-18-25(34)29(23-11-12-28(36-19-23)41-16-8-15-38-13-6-3-7-14-38)32-30(26)31(27)39(33(37)40)24(21-42-32)17-22-9-4-2-5-10-22/h2,4-5,9-12,18-20,24H,3,6-8,13-17,21H2,1H3/t24-/m1/s1. The van der Waals surface area contributed by atoms with Crippen molar-refractivity contribution in [3.63, 3.8) is 0 Å². The molecule has 0 aliphatic carbocycles. The number of halogens is 1. The molecule has 0 amide bonds. The van der Waals surface area contributed by atoms with Crippen LogP contribution in [0.5, 0.6) is 11.6 Å². The van der Waals surface area contributed by atoms with Crippen LogP contribution in [-0.2, 0) is 13.5 Å². The Morgan fingerprint density at radius 1 is 1.05 bits per heavy atom. The van der Waals surface area contributed by atoms with E-state index in [4.69, 9.17) is 9.47 Å². The van der Waals surface area contributed by atoms with Gasteiger partial charge in [-0.2, -0.15) is 0 Å². The minimum atomic E-state index is -0.451. The van der Waals surface area contributed by atoms with E-state index in [0.29, 0.717) is 57.7 Å². The van der Waals surface area contributed by atoms with Crippen LogP contribution in [0.25, 0.3) is 33.1 Å². The molecule has 2 aliphatic rings. The molecule has 9 heteroatoms. The van der Waals surface area contributed by atoms with Crippen molar-refractivity contribution in [3.05, 3.63) is 82.8 Å². The summed E-state index contributed by atoms with van der Waals surface area (Å²) in [7, 11) is 1.75. The summed E-state index contributed by atoms with van der Waals surface area (Å²) in [5.74, 6) is 0.442. The summed E-state index contributed by atoms with van der Waals surface area (Å²) in [4.78, 5) is 25.0. The van der Waals surface area contributed by atoms with Gasteiger partial charge in [0.25, 0.3) is 0 Å². The summed E-state index contributed by atoms with van der Waals surface area (Å²) in [6.45, 7) is 4.16. The molecule has 1 atom stereocenters. The first-order valence-electron chi connectivity index (χ1n) is 14.8. The van der Waals surface area contributed by atoms with E-state index in [1.807, 2.05) is 36.4 Å². The third-order valence-electron chi connectivity index (χ3n) is 8.55. The van der Waals surface area contributed by atoms with Crippen LogP contribution < -0.4 is 15.2 Å². The maximum Gasteiger partial charge on any atom is 0.329 e. The largest absolute Gasteiger partial charge is 0.490 e. The van der Waals surface area contributed by atoms with Crippen molar-refractivity contribution in [2.75, 3.05) is 32.8 Å². The molecule has 7 rings (SSSR count). The molecule has 2 aliphatic heterocycles. The highest BCUT2D eigenvalue weighted by Gasteiger charge is 2.30. The quantitative estimate of drug-likeness (QED) is 0.230. The first-order valence-corrected chi connectivity index (χ1v) is 14.8. The van der Waals surface area contributed by atoms with Crippen molar-refractivity contribution in [1.29, 1.82) is 0 Å². The van der Waals surface area contributed by atoms with Crippen LogP contribution in [0.4, 0.5) is 4.39 Å². The van der Waals surface area contributed by atoms with Crippen LogP contribution in [-0.4, -0.2) is 56.9 Å². The first kappa shape index (κ1) is 26.6. The Morgan fingerprint density at radius 3 is 2.67 bits per heavy atom. The molecule has 216 valence electrons. The average molecular weight is 568 g/mol. The third-order valence-corrected chi connectivity index (χ3v) is 8.55. The molecule has 3 aromatic heterocycles. The predicted molar refractivity (Wildman–Crippen MR) is 161 cm³/mol. The Kier molecular flexibility index (Phi) is 7.11. The lowest BCUT2D eigenvalue weighted by Gasteiger charge is -2.26. The third kappa shape index (κ3) is 4.81. The summed E-state index contributed by atoms with van der Waals surface area (Å²) in [5, 5.41) is 0.634. The molecule has 0 N–H and O–H groups in total. The predicted octanol–water partition coefficient (Wildman–Crippen LogP) is 5.52. The molecular weight excluding hydrogens is 533 g/mol. The molecule has 2 aromatic carbocycles. The fourth-order valence-electron chi connectivity index (χ4n) is 6.42. The molecule has 0 unspecified atom stereocenters. The number of piperidine rings is 1. The molecule has 8 nitrogen and oxygen atoms in total. The van der Waals surface area contributed by atoms with E-state index < -0.39 is 5.82 Å². The summed E-state index contributed by atoms with van der Waals surface area (Å²) < 4.78 is 31.5. The molecule has 0 bridgehead atoms. The molecule has 5 aromatic rings. The van der Waals surface area contributed by atoms with Crippen molar-refractivity contribution in [1.82, 2.24) is 24.0 Å². The lowest BCUT2D eigenvalue weighted by Crippen LogP contribution is -2.31. The molecule has 5 heterocycles. The molecule has 42 heavy (non-hydrogen) atoms. The topological polar surface area (TPSA) is 74.4 Å². The average Bonchev–Trinajstić information content (AvgIpc) is 3.16. The van der Waals surface area contributed by atoms with Gasteiger partial charge >= 0.3 is 5.69 Å². The Balaban J connectivity index is 1.22. The van der Waals surface area contributed by atoms with Crippen LogP contribution in [0.1, 0.15) is 37.3 Å². The Hall–Kier alpha value is -4.24. The second kappa shape index (κ2) is 11.2. The van der Waals surface area contributed by atoms with Gasteiger partial charge in [-0.25, -0.2) is 14.2 Å². The monoisotopic (exact) mass is 567 g/mol. The van der Waals surface area contributed by atoms with Gasteiger partial charge < -0.3 is 14.4 Å². The van der Waals surface area contributed by atoms with Gasteiger partial charge in [0.1, 0.15) is 18.2 Å². The van der Waals surface area contributed by atoms with Gasteiger partial charge in [0, 0.05) is 37.5 Å². The van der Waals surface area contributed by atoms with Gasteiger partial charge in [-0.05, 0) is 50.4 Å². The van der Waals surface area contributed by atoms with Crippen molar-refractivity contribution >= 4 is 21.9 Å². The second-order valence-corrected chi connectivity index (χ2v) is 11.3. The highest BCUT2D eigenvalue weighted by molar-refractivity contribution is 6.09. The number of nitrogens with zero attached hydrogens (tertiary/aromatic N) is 5. The number of aromatic nitrogens is 4. The molecule has 1 fully saturated rings. The van der Waals surface area contributed by atoms with Crippen molar-refractivity contribution in [2.45, 2.75) is 38.1 Å². The summed E-state index contributed by atoms with van der Waals surface area (Å²) in [6, 6.07) is 14.7. The number of imidazole rings is 1. The van der Waals surface area contributed by atoms with Crippen molar-refractivity contribution in [3.8, 4) is 22.8 Å². The Bertz CT molecular complexity index is 1790. The molecule has 1 saturated heterocycles. The van der Waals surface area contributed by atoms with Crippen molar-refractivity contribution in [2.24, 2.45) is 7.05 Å². The maximum atomic E-state index is 15.8. The number of likely N-dealkylation sites (tertiary alicyclic amines) is 1. The van der Waals surface area contributed by atoms with Gasteiger partial charge in [-0.3, -0.25) is 14.1 Å². The Morgan fingerprint density at radius 2 is 1.88 bits per heavy atom. The molecule has 0 radical (unpaired) electrons. The fourth-order valence-corrected chi connectivity index (χ4v) is 6.42. The lowest BCUT2D eigenvalue weighted by atomic mass is 10.0. The van der Waals surface area contributed by atoms with E-state index in [-0.39, 0.29) is 18.3 Å². The number of aryl methyl sites for hydroxylation is 1. The SMILES string of the molecule is Cn1c(=O)n2c3c4c(c(-c5ccc(OCCCN6CCCCC6)nc5)c(F)cc4ncc31)OC[C@H]2Cc1ccccc1. The number of rotatable bonds is 8. The van der Waals surface area contributed by atoms with Gasteiger partial charge in [0.15, 0.2) is 0 Å². The minimum Gasteiger partial charge on any atom is -0.490 e. The van der Waals surface area contributed by atoms with E-state index in [9.17, 15) is 4.79 Å². The van der Waals surface area contributed by atoms with E-state index >= 15 is 4.39 Å². The highest BCUT2D eigenvalue weighted by Crippen LogP contribution is 2.44. The highest BCUT2D eigenvalue weighted by atomic mass is 19.1. The van der Waals surface area contributed by atoms with E-state index in [1.54, 1.807) is 34.6 Å². The normalized spacial score (nSPS) is 17.0.